The van der Waals surface area contributed by atoms with Gasteiger partial charge in [-0.2, -0.15) is 0 Å². The SMILES string of the molecule is CC(=O)C(Cl)C=CCc1ccccc1. The minimum atomic E-state index is -0.487. The summed E-state index contributed by atoms with van der Waals surface area (Å²) < 4.78 is 0. The van der Waals surface area contributed by atoms with Crippen LogP contribution in [0.15, 0.2) is 42.5 Å². The van der Waals surface area contributed by atoms with Crippen LogP contribution in [0.5, 0.6) is 0 Å². The summed E-state index contributed by atoms with van der Waals surface area (Å²) in [6, 6.07) is 10.1. The molecule has 0 radical (unpaired) electrons. The third-order valence-electron chi connectivity index (χ3n) is 1.89. The van der Waals surface area contributed by atoms with Gasteiger partial charge in [-0.3, -0.25) is 4.79 Å². The van der Waals surface area contributed by atoms with Crippen LogP contribution in [0.25, 0.3) is 0 Å². The highest BCUT2D eigenvalue weighted by molar-refractivity contribution is 6.32. The van der Waals surface area contributed by atoms with E-state index in [0.717, 1.165) is 6.42 Å². The van der Waals surface area contributed by atoms with Crippen LogP contribution in [0.3, 0.4) is 0 Å². The number of hydrogen-bond donors (Lipinski definition) is 0. The number of rotatable bonds is 4. The van der Waals surface area contributed by atoms with Crippen LogP contribution in [0.1, 0.15) is 12.5 Å². The van der Waals surface area contributed by atoms with Crippen molar-refractivity contribution < 1.29 is 4.79 Å². The van der Waals surface area contributed by atoms with Gasteiger partial charge in [0.15, 0.2) is 5.78 Å². The Morgan fingerprint density at radius 1 is 1.43 bits per heavy atom. The van der Waals surface area contributed by atoms with E-state index >= 15 is 0 Å². The van der Waals surface area contributed by atoms with E-state index < -0.39 is 5.38 Å². The summed E-state index contributed by atoms with van der Waals surface area (Å²) in [6.07, 6.45) is 4.47. The number of alkyl halides is 1. The molecular formula is C12H13ClO. The third kappa shape index (κ3) is 3.75. The molecule has 0 aliphatic rings. The zero-order valence-corrected chi connectivity index (χ0v) is 8.87. The van der Waals surface area contributed by atoms with Gasteiger partial charge in [-0.25, -0.2) is 0 Å². The second-order valence-electron chi connectivity index (χ2n) is 3.13. The summed E-state index contributed by atoms with van der Waals surface area (Å²) in [6.45, 7) is 1.49. The highest BCUT2D eigenvalue weighted by Gasteiger charge is 2.03. The van der Waals surface area contributed by atoms with E-state index in [-0.39, 0.29) is 5.78 Å². The Balaban J connectivity index is 2.45. The van der Waals surface area contributed by atoms with Crippen LogP contribution < -0.4 is 0 Å². The molecule has 1 rings (SSSR count). The standard InChI is InChI=1S/C12H13ClO/c1-10(14)12(13)9-5-8-11-6-3-2-4-7-11/h2-7,9,12H,8H2,1H3. The first-order valence-corrected chi connectivity index (χ1v) is 4.99. The lowest BCUT2D eigenvalue weighted by Gasteiger charge is -1.97. The molecule has 1 unspecified atom stereocenters. The average molecular weight is 209 g/mol. The van der Waals surface area contributed by atoms with Crippen LogP contribution in [0.4, 0.5) is 0 Å². The van der Waals surface area contributed by atoms with Crippen LogP contribution in [-0.2, 0) is 11.2 Å². The fourth-order valence-corrected chi connectivity index (χ4v) is 1.18. The average Bonchev–Trinajstić information content (AvgIpc) is 2.19. The second kappa shape index (κ2) is 5.61. The van der Waals surface area contributed by atoms with Gasteiger partial charge in [-0.15, -0.1) is 11.6 Å². The van der Waals surface area contributed by atoms with Gasteiger partial charge < -0.3 is 0 Å². The molecule has 0 bridgehead atoms. The predicted octanol–water partition coefficient (Wildman–Crippen LogP) is 2.98. The van der Waals surface area contributed by atoms with Crippen molar-refractivity contribution in [2.24, 2.45) is 0 Å². The third-order valence-corrected chi connectivity index (χ3v) is 2.34. The molecule has 0 N–H and O–H groups in total. The van der Waals surface area contributed by atoms with Gasteiger partial charge in [0.25, 0.3) is 0 Å². The molecule has 1 aromatic rings. The number of ketones is 1. The van der Waals surface area contributed by atoms with E-state index in [0.29, 0.717) is 0 Å². The summed E-state index contributed by atoms with van der Waals surface area (Å²) in [4.78, 5) is 10.8. The first-order valence-electron chi connectivity index (χ1n) is 4.55. The number of Topliss-reactive ketones (excluding diaryl/α,β-unsaturated/α-hetero) is 1. The maximum absolute atomic E-state index is 10.8. The van der Waals surface area contributed by atoms with Gasteiger partial charge in [0.2, 0.25) is 0 Å². The molecule has 1 aromatic carbocycles. The van der Waals surface area contributed by atoms with Crippen LogP contribution in [0.2, 0.25) is 0 Å². The van der Waals surface area contributed by atoms with Crippen molar-refractivity contribution in [2.75, 3.05) is 0 Å². The molecule has 0 fully saturated rings. The summed E-state index contributed by atoms with van der Waals surface area (Å²) in [5.74, 6) is -0.0176. The van der Waals surface area contributed by atoms with Crippen molar-refractivity contribution in [3.63, 3.8) is 0 Å². The number of hydrogen-bond acceptors (Lipinski definition) is 1. The second-order valence-corrected chi connectivity index (χ2v) is 3.60. The molecule has 74 valence electrons. The maximum Gasteiger partial charge on any atom is 0.151 e. The lowest BCUT2D eigenvalue weighted by Crippen LogP contribution is -2.05. The highest BCUT2D eigenvalue weighted by Crippen LogP contribution is 2.03. The number of carbonyl (C=O) groups is 1. The zero-order chi connectivity index (χ0) is 10.4. The smallest absolute Gasteiger partial charge is 0.151 e. The van der Waals surface area contributed by atoms with Gasteiger partial charge in [-0.05, 0) is 18.9 Å². The van der Waals surface area contributed by atoms with Crippen LogP contribution >= 0.6 is 11.6 Å². The Kier molecular flexibility index (Phi) is 4.41. The minimum Gasteiger partial charge on any atom is -0.298 e. The molecule has 0 spiro atoms. The first kappa shape index (κ1) is 11.0. The maximum atomic E-state index is 10.8. The van der Waals surface area contributed by atoms with Crippen molar-refractivity contribution >= 4 is 17.4 Å². The molecule has 1 nitrogen and oxygen atoms in total. The highest BCUT2D eigenvalue weighted by atomic mass is 35.5. The zero-order valence-electron chi connectivity index (χ0n) is 8.11. The van der Waals surface area contributed by atoms with Gasteiger partial charge >= 0.3 is 0 Å². The molecule has 0 amide bonds. The summed E-state index contributed by atoms with van der Waals surface area (Å²) in [5, 5.41) is -0.487. The van der Waals surface area contributed by atoms with Gasteiger partial charge in [0.05, 0.1) is 0 Å². The fourth-order valence-electron chi connectivity index (χ4n) is 1.07. The first-order chi connectivity index (χ1) is 6.70. The fraction of sp³-hybridized carbons (Fsp3) is 0.250. The van der Waals surface area contributed by atoms with E-state index in [4.69, 9.17) is 11.6 Å². The molecule has 0 aromatic heterocycles. The Morgan fingerprint density at radius 3 is 2.64 bits per heavy atom. The minimum absolute atomic E-state index is 0.0176. The van der Waals surface area contributed by atoms with Crippen molar-refractivity contribution in [2.45, 2.75) is 18.7 Å². The lowest BCUT2D eigenvalue weighted by molar-refractivity contribution is -0.115. The van der Waals surface area contributed by atoms with Crippen LogP contribution in [-0.4, -0.2) is 11.2 Å². The molecule has 0 aliphatic carbocycles. The number of benzene rings is 1. The number of halogens is 1. The summed E-state index contributed by atoms with van der Waals surface area (Å²) in [7, 11) is 0. The van der Waals surface area contributed by atoms with Gasteiger partial charge in [-0.1, -0.05) is 42.5 Å². The molecule has 0 saturated carbocycles. The van der Waals surface area contributed by atoms with E-state index in [2.05, 4.69) is 0 Å². The topological polar surface area (TPSA) is 17.1 Å². The van der Waals surface area contributed by atoms with Crippen LogP contribution in [0, 0.1) is 0 Å². The summed E-state index contributed by atoms with van der Waals surface area (Å²) in [5.41, 5.74) is 1.22. The van der Waals surface area contributed by atoms with E-state index in [1.54, 1.807) is 6.08 Å². The van der Waals surface area contributed by atoms with Crippen molar-refractivity contribution in [3.8, 4) is 0 Å². The van der Waals surface area contributed by atoms with Gasteiger partial charge in [0, 0.05) is 0 Å². The number of allylic oxidation sites excluding steroid dienone is 2. The van der Waals surface area contributed by atoms with E-state index in [9.17, 15) is 4.79 Å². The Labute approximate surface area is 89.4 Å². The molecule has 0 saturated heterocycles. The van der Waals surface area contributed by atoms with E-state index in [1.807, 2.05) is 36.4 Å². The van der Waals surface area contributed by atoms with Crippen molar-refractivity contribution in [1.82, 2.24) is 0 Å². The van der Waals surface area contributed by atoms with Crippen molar-refractivity contribution in [3.05, 3.63) is 48.0 Å². The Hall–Kier alpha value is -1.08. The largest absolute Gasteiger partial charge is 0.298 e. The summed E-state index contributed by atoms with van der Waals surface area (Å²) >= 11 is 5.75. The van der Waals surface area contributed by atoms with Crippen molar-refractivity contribution in [1.29, 1.82) is 0 Å². The normalized spacial score (nSPS) is 13.0. The number of carbonyl (C=O) groups excluding carboxylic acids is 1. The Morgan fingerprint density at radius 2 is 2.07 bits per heavy atom. The molecule has 0 heterocycles. The van der Waals surface area contributed by atoms with E-state index in [1.165, 1.54) is 12.5 Å². The molecule has 0 aliphatic heterocycles. The molecule has 1 atom stereocenters. The molecule has 14 heavy (non-hydrogen) atoms. The lowest BCUT2D eigenvalue weighted by atomic mass is 10.1. The van der Waals surface area contributed by atoms with Gasteiger partial charge in [0.1, 0.15) is 5.38 Å². The predicted molar refractivity (Wildman–Crippen MR) is 59.6 cm³/mol. The molecule has 2 heteroatoms. The molecular weight excluding hydrogens is 196 g/mol. The Bertz CT molecular complexity index is 316. The quantitative estimate of drug-likeness (QED) is 0.549. The monoisotopic (exact) mass is 208 g/mol.